The number of carbonyl (C=O) groups is 1. The van der Waals surface area contributed by atoms with Gasteiger partial charge in [-0.05, 0) is 27.2 Å². The topological polar surface area (TPSA) is 35.5 Å². The molecule has 0 spiro atoms. The first-order chi connectivity index (χ1) is 5.44. The van der Waals surface area contributed by atoms with Gasteiger partial charge in [0.2, 0.25) is 5.79 Å². The third-order valence-electron chi connectivity index (χ3n) is 2.16. The minimum absolute atomic E-state index is 0.0686. The van der Waals surface area contributed by atoms with Crippen LogP contribution < -0.4 is 0 Å². The van der Waals surface area contributed by atoms with E-state index >= 15 is 0 Å². The van der Waals surface area contributed by atoms with Crippen LogP contribution in [0.3, 0.4) is 0 Å². The van der Waals surface area contributed by atoms with Crippen LogP contribution in [0.15, 0.2) is 0 Å². The van der Waals surface area contributed by atoms with Gasteiger partial charge < -0.3 is 9.47 Å². The molecule has 1 aliphatic rings. The summed E-state index contributed by atoms with van der Waals surface area (Å²) in [5.74, 6) is -1.09. The SMILES string of the molecule is CC(=O)C1(C)O[C@@H](C)C[C@H](C)O1. The van der Waals surface area contributed by atoms with Crippen LogP contribution in [0.25, 0.3) is 0 Å². The first-order valence-corrected chi connectivity index (χ1v) is 4.30. The fraction of sp³-hybridized carbons (Fsp3) is 0.889. The van der Waals surface area contributed by atoms with Gasteiger partial charge in [0, 0.05) is 6.92 Å². The molecule has 0 saturated carbocycles. The lowest BCUT2D eigenvalue weighted by atomic mass is 10.1. The quantitative estimate of drug-likeness (QED) is 0.601. The Morgan fingerprint density at radius 3 is 2.08 bits per heavy atom. The summed E-state index contributed by atoms with van der Waals surface area (Å²) in [6.45, 7) is 7.09. The number of carbonyl (C=O) groups excluding carboxylic acids is 1. The third kappa shape index (κ3) is 1.84. The third-order valence-corrected chi connectivity index (χ3v) is 2.16. The minimum atomic E-state index is -1.02. The van der Waals surface area contributed by atoms with E-state index in [9.17, 15) is 4.79 Å². The maximum atomic E-state index is 11.2. The molecule has 0 aromatic rings. The molecule has 0 radical (unpaired) electrons. The lowest BCUT2D eigenvalue weighted by Crippen LogP contribution is -2.49. The molecule has 0 aromatic carbocycles. The van der Waals surface area contributed by atoms with Crippen molar-refractivity contribution in [2.24, 2.45) is 0 Å². The van der Waals surface area contributed by atoms with E-state index < -0.39 is 5.79 Å². The van der Waals surface area contributed by atoms with Gasteiger partial charge in [0.25, 0.3) is 0 Å². The largest absolute Gasteiger partial charge is 0.341 e. The lowest BCUT2D eigenvalue weighted by molar-refractivity contribution is -0.284. The molecule has 0 aliphatic carbocycles. The predicted molar refractivity (Wildman–Crippen MR) is 44.8 cm³/mol. The summed E-state index contributed by atoms with van der Waals surface area (Å²) in [5.41, 5.74) is 0. The van der Waals surface area contributed by atoms with Gasteiger partial charge in [0.1, 0.15) is 0 Å². The van der Waals surface area contributed by atoms with Crippen LogP contribution in [0.4, 0.5) is 0 Å². The first kappa shape index (κ1) is 9.68. The molecule has 0 bridgehead atoms. The Labute approximate surface area is 73.0 Å². The van der Waals surface area contributed by atoms with Crippen molar-refractivity contribution in [3.05, 3.63) is 0 Å². The van der Waals surface area contributed by atoms with Crippen molar-refractivity contribution in [3.8, 4) is 0 Å². The standard InChI is InChI=1S/C9H16O3/c1-6-5-7(2)12-9(4,11-6)8(3)10/h6-7H,5H2,1-4H3/t6-,7-/m0/s1. The Kier molecular flexibility index (Phi) is 2.54. The van der Waals surface area contributed by atoms with Crippen LogP contribution in [0.5, 0.6) is 0 Å². The molecule has 1 saturated heterocycles. The molecule has 0 amide bonds. The molecule has 1 rings (SSSR count). The average molecular weight is 172 g/mol. The summed E-state index contributed by atoms with van der Waals surface area (Å²) < 4.78 is 10.9. The van der Waals surface area contributed by atoms with Crippen molar-refractivity contribution in [2.75, 3.05) is 0 Å². The molecular formula is C9H16O3. The Morgan fingerprint density at radius 1 is 1.33 bits per heavy atom. The zero-order valence-electron chi connectivity index (χ0n) is 8.09. The van der Waals surface area contributed by atoms with Crippen molar-refractivity contribution in [3.63, 3.8) is 0 Å². The fourth-order valence-corrected chi connectivity index (χ4v) is 1.53. The van der Waals surface area contributed by atoms with Crippen LogP contribution in [-0.2, 0) is 14.3 Å². The lowest BCUT2D eigenvalue weighted by Gasteiger charge is -2.38. The van der Waals surface area contributed by atoms with Gasteiger partial charge in [-0.2, -0.15) is 0 Å². The summed E-state index contributed by atoms with van der Waals surface area (Å²) in [5, 5.41) is 0. The van der Waals surface area contributed by atoms with Gasteiger partial charge in [-0.15, -0.1) is 0 Å². The maximum absolute atomic E-state index is 11.2. The van der Waals surface area contributed by atoms with Crippen molar-refractivity contribution < 1.29 is 14.3 Å². The number of ketones is 1. The summed E-state index contributed by atoms with van der Waals surface area (Å²) in [7, 11) is 0. The first-order valence-electron chi connectivity index (χ1n) is 4.30. The molecule has 3 nitrogen and oxygen atoms in total. The molecule has 0 N–H and O–H groups in total. The molecular weight excluding hydrogens is 156 g/mol. The highest BCUT2D eigenvalue weighted by Crippen LogP contribution is 2.27. The number of ether oxygens (including phenoxy) is 2. The highest BCUT2D eigenvalue weighted by atomic mass is 16.7. The van der Waals surface area contributed by atoms with Crippen molar-refractivity contribution in [1.29, 1.82) is 0 Å². The monoisotopic (exact) mass is 172 g/mol. The van der Waals surface area contributed by atoms with E-state index in [0.29, 0.717) is 0 Å². The highest BCUT2D eigenvalue weighted by molar-refractivity contribution is 5.83. The summed E-state index contributed by atoms with van der Waals surface area (Å²) in [4.78, 5) is 11.2. The van der Waals surface area contributed by atoms with Crippen LogP contribution in [0.1, 0.15) is 34.1 Å². The molecule has 0 aromatic heterocycles. The van der Waals surface area contributed by atoms with Crippen molar-refractivity contribution in [2.45, 2.75) is 52.1 Å². The van der Waals surface area contributed by atoms with Gasteiger partial charge in [-0.25, -0.2) is 0 Å². The van der Waals surface area contributed by atoms with Crippen LogP contribution in [0.2, 0.25) is 0 Å². The smallest absolute Gasteiger partial charge is 0.226 e. The van der Waals surface area contributed by atoms with E-state index in [-0.39, 0.29) is 18.0 Å². The highest BCUT2D eigenvalue weighted by Gasteiger charge is 2.39. The second kappa shape index (κ2) is 3.15. The van der Waals surface area contributed by atoms with E-state index in [0.717, 1.165) is 6.42 Å². The van der Waals surface area contributed by atoms with Gasteiger partial charge in [0.15, 0.2) is 5.78 Å². The summed E-state index contributed by atoms with van der Waals surface area (Å²) in [6, 6.07) is 0. The van der Waals surface area contributed by atoms with Crippen molar-refractivity contribution in [1.82, 2.24) is 0 Å². The normalized spacial score (nSPS) is 42.7. The van der Waals surface area contributed by atoms with E-state index in [2.05, 4.69) is 0 Å². The molecule has 70 valence electrons. The zero-order valence-corrected chi connectivity index (χ0v) is 8.09. The molecule has 1 heterocycles. The Morgan fingerprint density at radius 2 is 1.75 bits per heavy atom. The van der Waals surface area contributed by atoms with E-state index in [1.54, 1.807) is 6.92 Å². The molecule has 0 unspecified atom stereocenters. The predicted octanol–water partition coefficient (Wildman–Crippen LogP) is 1.51. The maximum Gasteiger partial charge on any atom is 0.226 e. The van der Waals surface area contributed by atoms with Crippen molar-refractivity contribution >= 4 is 5.78 Å². The minimum Gasteiger partial charge on any atom is -0.341 e. The van der Waals surface area contributed by atoms with Gasteiger partial charge in [0.05, 0.1) is 12.2 Å². The number of hydrogen-bond acceptors (Lipinski definition) is 3. The second-order valence-electron chi connectivity index (χ2n) is 3.59. The Hall–Kier alpha value is -0.410. The second-order valence-corrected chi connectivity index (χ2v) is 3.59. The molecule has 3 heteroatoms. The van der Waals surface area contributed by atoms with Gasteiger partial charge in [-0.1, -0.05) is 0 Å². The summed E-state index contributed by atoms with van der Waals surface area (Å²) in [6.07, 6.45) is 1.05. The van der Waals surface area contributed by atoms with Crippen LogP contribution in [0, 0.1) is 0 Å². The summed E-state index contributed by atoms with van der Waals surface area (Å²) >= 11 is 0. The van der Waals surface area contributed by atoms with Crippen LogP contribution in [-0.4, -0.2) is 23.8 Å². The average Bonchev–Trinajstić information content (AvgIpc) is 1.82. The van der Waals surface area contributed by atoms with Gasteiger partial charge >= 0.3 is 0 Å². The van der Waals surface area contributed by atoms with E-state index in [4.69, 9.17) is 9.47 Å². The number of rotatable bonds is 1. The number of hydrogen-bond donors (Lipinski definition) is 0. The molecule has 1 aliphatic heterocycles. The van der Waals surface area contributed by atoms with Gasteiger partial charge in [-0.3, -0.25) is 4.79 Å². The Bertz CT molecular complexity index is 178. The fourth-order valence-electron chi connectivity index (χ4n) is 1.53. The zero-order chi connectivity index (χ0) is 9.35. The van der Waals surface area contributed by atoms with E-state index in [1.807, 2.05) is 13.8 Å². The number of Topliss-reactive ketones (excluding diaryl/α,β-unsaturated/α-hetero) is 1. The molecule has 1 fully saturated rings. The van der Waals surface area contributed by atoms with E-state index in [1.165, 1.54) is 6.92 Å². The van der Waals surface area contributed by atoms with Crippen LogP contribution >= 0.6 is 0 Å². The molecule has 12 heavy (non-hydrogen) atoms. The Balaban J connectivity index is 2.71. The molecule has 2 atom stereocenters.